The predicted octanol–water partition coefficient (Wildman–Crippen LogP) is 2.31. The Morgan fingerprint density at radius 1 is 1.47 bits per heavy atom. The molecule has 0 bridgehead atoms. The van der Waals surface area contributed by atoms with Gasteiger partial charge in [0.05, 0.1) is 0 Å². The van der Waals surface area contributed by atoms with E-state index in [1.807, 2.05) is 13.2 Å². The van der Waals surface area contributed by atoms with Crippen LogP contribution in [-0.4, -0.2) is 47.1 Å². The van der Waals surface area contributed by atoms with Gasteiger partial charge in [-0.3, -0.25) is 9.69 Å². The van der Waals surface area contributed by atoms with E-state index in [0.29, 0.717) is 0 Å². The van der Waals surface area contributed by atoms with Crippen molar-refractivity contribution in [3.05, 3.63) is 0 Å². The van der Waals surface area contributed by atoms with Crippen LogP contribution in [0.3, 0.4) is 0 Å². The summed E-state index contributed by atoms with van der Waals surface area (Å²) in [6.45, 7) is 5.89. The van der Waals surface area contributed by atoms with Crippen molar-refractivity contribution >= 4 is 17.7 Å². The summed E-state index contributed by atoms with van der Waals surface area (Å²) in [7, 11) is 0. The topological polar surface area (TPSA) is 40.5 Å². The molecule has 0 fully saturated rings. The largest absolute Gasteiger partial charge is 0.480 e. The first-order valence-corrected chi connectivity index (χ1v) is 7.02. The Morgan fingerprint density at radius 3 is 2.53 bits per heavy atom. The van der Waals surface area contributed by atoms with E-state index in [-0.39, 0.29) is 6.04 Å². The maximum atomic E-state index is 11.1. The number of unbranched alkanes of at least 4 members (excludes halogenated alkanes) is 1. The molecule has 0 aliphatic rings. The van der Waals surface area contributed by atoms with E-state index in [4.69, 9.17) is 5.11 Å². The molecule has 0 aliphatic carbocycles. The van der Waals surface area contributed by atoms with Crippen molar-refractivity contribution in [3.8, 4) is 0 Å². The Labute approximate surface area is 97.2 Å². The van der Waals surface area contributed by atoms with Gasteiger partial charge in [0.1, 0.15) is 6.04 Å². The highest BCUT2D eigenvalue weighted by Gasteiger charge is 2.23. The van der Waals surface area contributed by atoms with E-state index >= 15 is 0 Å². The number of hydrogen-bond acceptors (Lipinski definition) is 3. The molecule has 0 rings (SSSR count). The minimum Gasteiger partial charge on any atom is -0.480 e. The van der Waals surface area contributed by atoms with Crippen molar-refractivity contribution in [1.82, 2.24) is 4.90 Å². The molecule has 15 heavy (non-hydrogen) atoms. The van der Waals surface area contributed by atoms with Crippen molar-refractivity contribution in [2.24, 2.45) is 0 Å². The molecule has 3 nitrogen and oxygen atoms in total. The van der Waals surface area contributed by atoms with Gasteiger partial charge in [0.2, 0.25) is 0 Å². The third-order valence-corrected chi connectivity index (χ3v) is 3.17. The Hall–Kier alpha value is -0.220. The number of thioether (sulfide) groups is 1. The number of nitrogens with zero attached hydrogens (tertiary/aromatic N) is 1. The SMILES string of the molecule is CCCCN(CC)[C@@H](CCSC)C(=O)O. The molecule has 0 aromatic rings. The van der Waals surface area contributed by atoms with Crippen LogP contribution in [0.25, 0.3) is 0 Å². The lowest BCUT2D eigenvalue weighted by atomic mass is 10.1. The van der Waals surface area contributed by atoms with Crippen LogP contribution >= 0.6 is 11.8 Å². The highest BCUT2D eigenvalue weighted by molar-refractivity contribution is 7.98. The standard InChI is InChI=1S/C11H23NO2S/c1-4-6-8-12(5-2)10(11(13)14)7-9-15-3/h10H,4-9H2,1-3H3,(H,13,14)/t10-/m0/s1. The van der Waals surface area contributed by atoms with Gasteiger partial charge in [0.25, 0.3) is 0 Å². The minimum absolute atomic E-state index is 0.297. The highest BCUT2D eigenvalue weighted by atomic mass is 32.2. The molecule has 0 aromatic heterocycles. The first-order valence-electron chi connectivity index (χ1n) is 5.63. The normalized spacial score (nSPS) is 13.1. The zero-order valence-electron chi connectivity index (χ0n) is 10.0. The average molecular weight is 233 g/mol. The van der Waals surface area contributed by atoms with Crippen LogP contribution in [0.4, 0.5) is 0 Å². The molecule has 0 unspecified atom stereocenters. The average Bonchev–Trinajstić information content (AvgIpc) is 2.22. The van der Waals surface area contributed by atoms with Gasteiger partial charge in [-0.25, -0.2) is 0 Å². The second kappa shape index (κ2) is 9.04. The zero-order chi connectivity index (χ0) is 11.7. The van der Waals surface area contributed by atoms with Gasteiger partial charge in [0, 0.05) is 0 Å². The molecule has 1 N–H and O–H groups in total. The van der Waals surface area contributed by atoms with E-state index in [2.05, 4.69) is 11.8 Å². The lowest BCUT2D eigenvalue weighted by Crippen LogP contribution is -2.42. The molecular weight excluding hydrogens is 210 g/mol. The van der Waals surface area contributed by atoms with Crippen molar-refractivity contribution in [1.29, 1.82) is 0 Å². The molecule has 0 amide bonds. The summed E-state index contributed by atoms with van der Waals surface area (Å²) in [5.74, 6) is 0.238. The molecule has 0 heterocycles. The molecule has 0 saturated heterocycles. The fourth-order valence-electron chi connectivity index (χ4n) is 1.59. The number of aliphatic carboxylic acids is 1. The lowest BCUT2D eigenvalue weighted by molar-refractivity contribution is -0.143. The van der Waals surface area contributed by atoms with Crippen LogP contribution < -0.4 is 0 Å². The Kier molecular flexibility index (Phi) is 8.91. The smallest absolute Gasteiger partial charge is 0.320 e. The van der Waals surface area contributed by atoms with E-state index in [9.17, 15) is 4.79 Å². The second-order valence-corrected chi connectivity index (χ2v) is 4.60. The number of carboxylic acid groups (broad SMARTS) is 1. The van der Waals surface area contributed by atoms with Crippen molar-refractivity contribution in [2.45, 2.75) is 39.2 Å². The first-order chi connectivity index (χ1) is 7.17. The summed E-state index contributed by atoms with van der Waals surface area (Å²) in [5.41, 5.74) is 0. The van der Waals surface area contributed by atoms with Gasteiger partial charge in [-0.15, -0.1) is 0 Å². The van der Waals surface area contributed by atoms with Gasteiger partial charge in [-0.1, -0.05) is 20.3 Å². The number of rotatable bonds is 9. The summed E-state index contributed by atoms with van der Waals surface area (Å²) >= 11 is 1.71. The Balaban J connectivity index is 4.20. The molecular formula is C11H23NO2S. The van der Waals surface area contributed by atoms with Gasteiger partial charge >= 0.3 is 5.97 Å². The van der Waals surface area contributed by atoms with Crippen molar-refractivity contribution in [2.75, 3.05) is 25.1 Å². The van der Waals surface area contributed by atoms with Crippen LogP contribution in [0.1, 0.15) is 33.1 Å². The van der Waals surface area contributed by atoms with Crippen LogP contribution in [0.15, 0.2) is 0 Å². The fourth-order valence-corrected chi connectivity index (χ4v) is 2.05. The predicted molar refractivity (Wildman–Crippen MR) is 66.6 cm³/mol. The number of carbonyl (C=O) groups is 1. The second-order valence-electron chi connectivity index (χ2n) is 3.62. The van der Waals surface area contributed by atoms with Crippen LogP contribution in [0.2, 0.25) is 0 Å². The van der Waals surface area contributed by atoms with Gasteiger partial charge < -0.3 is 5.11 Å². The molecule has 0 saturated carbocycles. The summed E-state index contributed by atoms with van der Waals surface area (Å²) < 4.78 is 0. The maximum Gasteiger partial charge on any atom is 0.320 e. The summed E-state index contributed by atoms with van der Waals surface area (Å²) in [6, 6.07) is -0.297. The van der Waals surface area contributed by atoms with Crippen LogP contribution in [-0.2, 0) is 4.79 Å². The van der Waals surface area contributed by atoms with Gasteiger partial charge in [-0.05, 0) is 37.9 Å². The number of hydrogen-bond donors (Lipinski definition) is 1. The third-order valence-electron chi connectivity index (χ3n) is 2.53. The summed E-state index contributed by atoms with van der Waals surface area (Å²) in [6.07, 6.45) is 4.96. The molecule has 0 spiro atoms. The molecule has 0 aromatic carbocycles. The zero-order valence-corrected chi connectivity index (χ0v) is 10.8. The van der Waals surface area contributed by atoms with E-state index < -0.39 is 5.97 Å². The fraction of sp³-hybridized carbons (Fsp3) is 0.909. The van der Waals surface area contributed by atoms with Gasteiger partial charge in [-0.2, -0.15) is 11.8 Å². The van der Waals surface area contributed by atoms with Crippen molar-refractivity contribution in [3.63, 3.8) is 0 Å². The summed E-state index contributed by atoms with van der Waals surface area (Å²) in [5, 5.41) is 9.15. The molecule has 0 radical (unpaired) electrons. The molecule has 90 valence electrons. The monoisotopic (exact) mass is 233 g/mol. The number of carboxylic acids is 1. The van der Waals surface area contributed by atoms with E-state index in [0.717, 1.165) is 38.1 Å². The first kappa shape index (κ1) is 14.8. The Bertz CT molecular complexity index is 176. The maximum absolute atomic E-state index is 11.1. The van der Waals surface area contributed by atoms with E-state index in [1.54, 1.807) is 11.8 Å². The van der Waals surface area contributed by atoms with Crippen LogP contribution in [0.5, 0.6) is 0 Å². The quantitative estimate of drug-likeness (QED) is 0.663. The molecule has 0 aliphatic heterocycles. The molecule has 4 heteroatoms. The van der Waals surface area contributed by atoms with E-state index in [1.165, 1.54) is 0 Å². The third kappa shape index (κ3) is 6.05. The Morgan fingerprint density at radius 2 is 2.13 bits per heavy atom. The number of likely N-dealkylation sites (N-methyl/N-ethyl adjacent to an activating group) is 1. The highest BCUT2D eigenvalue weighted by Crippen LogP contribution is 2.10. The van der Waals surface area contributed by atoms with Crippen molar-refractivity contribution < 1.29 is 9.90 Å². The summed E-state index contributed by atoms with van der Waals surface area (Å²) in [4.78, 5) is 13.2. The lowest BCUT2D eigenvalue weighted by Gasteiger charge is -2.27. The van der Waals surface area contributed by atoms with Crippen LogP contribution in [0, 0.1) is 0 Å². The van der Waals surface area contributed by atoms with Gasteiger partial charge in [0.15, 0.2) is 0 Å². The minimum atomic E-state index is -0.679. The molecule has 1 atom stereocenters.